The Morgan fingerprint density at radius 2 is 1.78 bits per heavy atom. The van der Waals surface area contributed by atoms with Gasteiger partial charge in [-0.25, -0.2) is 9.97 Å². The first-order chi connectivity index (χ1) is 13.0. The molecule has 2 N–H and O–H groups in total. The summed E-state index contributed by atoms with van der Waals surface area (Å²) in [6, 6.07) is 5.51. The van der Waals surface area contributed by atoms with Gasteiger partial charge in [-0.2, -0.15) is 0 Å². The van der Waals surface area contributed by atoms with Gasteiger partial charge in [0.25, 0.3) is 0 Å². The number of nitrogens with two attached hydrogens (primary N) is 1. The fraction of sp³-hybridized carbons (Fsp3) is 0.524. The molecular formula is C21H26Cl2N4. The summed E-state index contributed by atoms with van der Waals surface area (Å²) < 4.78 is 0. The Bertz CT molecular complexity index is 836. The van der Waals surface area contributed by atoms with Gasteiger partial charge in [0.2, 0.25) is 0 Å². The van der Waals surface area contributed by atoms with Crippen LogP contribution in [0, 0.1) is 5.41 Å². The number of nitrogens with zero attached hydrogens (tertiary/aromatic N) is 3. The Balaban J connectivity index is 1.65. The number of hydrogen-bond acceptors (Lipinski definition) is 4. The molecule has 1 aromatic heterocycles. The normalized spacial score (nSPS) is 19.0. The van der Waals surface area contributed by atoms with Crippen LogP contribution in [0.1, 0.15) is 51.1 Å². The SMILES string of the molecule is CCc1nc(-c2cccc(Cl)c2Cl)c(N)nc1N1CCC2(CCCC2)CC1. The Labute approximate surface area is 171 Å². The van der Waals surface area contributed by atoms with E-state index in [9.17, 15) is 0 Å². The van der Waals surface area contributed by atoms with Crippen molar-refractivity contribution in [1.82, 2.24) is 9.97 Å². The third-order valence-electron chi connectivity index (χ3n) is 6.30. The zero-order chi connectivity index (χ0) is 19.0. The number of anilines is 2. The topological polar surface area (TPSA) is 55.0 Å². The van der Waals surface area contributed by atoms with E-state index in [0.29, 0.717) is 27.0 Å². The van der Waals surface area contributed by atoms with Gasteiger partial charge in [0.05, 0.1) is 15.7 Å². The third-order valence-corrected chi connectivity index (χ3v) is 7.12. The number of rotatable bonds is 3. The average molecular weight is 405 g/mol. The van der Waals surface area contributed by atoms with Crippen LogP contribution in [0.25, 0.3) is 11.3 Å². The van der Waals surface area contributed by atoms with E-state index in [-0.39, 0.29) is 0 Å². The van der Waals surface area contributed by atoms with E-state index >= 15 is 0 Å². The third kappa shape index (κ3) is 3.50. The molecule has 2 aromatic rings. The highest BCUT2D eigenvalue weighted by Crippen LogP contribution is 2.47. The van der Waals surface area contributed by atoms with Gasteiger partial charge in [-0.15, -0.1) is 0 Å². The molecule has 0 unspecified atom stereocenters. The molecule has 27 heavy (non-hydrogen) atoms. The van der Waals surface area contributed by atoms with Crippen molar-refractivity contribution in [2.24, 2.45) is 5.41 Å². The van der Waals surface area contributed by atoms with E-state index in [2.05, 4.69) is 11.8 Å². The van der Waals surface area contributed by atoms with Gasteiger partial charge in [-0.3, -0.25) is 0 Å². The average Bonchev–Trinajstić information content (AvgIpc) is 3.13. The van der Waals surface area contributed by atoms with Crippen molar-refractivity contribution in [2.75, 3.05) is 23.7 Å². The molecule has 6 heteroatoms. The van der Waals surface area contributed by atoms with Crippen LogP contribution in [0.3, 0.4) is 0 Å². The van der Waals surface area contributed by atoms with E-state index in [1.165, 1.54) is 38.5 Å². The molecule has 4 rings (SSSR count). The van der Waals surface area contributed by atoms with Crippen LogP contribution in [0.2, 0.25) is 10.0 Å². The van der Waals surface area contributed by atoms with Gasteiger partial charge < -0.3 is 10.6 Å². The second-order valence-corrected chi connectivity index (χ2v) is 8.66. The molecule has 2 aliphatic rings. The van der Waals surface area contributed by atoms with E-state index in [4.69, 9.17) is 38.9 Å². The van der Waals surface area contributed by atoms with Crippen LogP contribution in [-0.4, -0.2) is 23.1 Å². The first kappa shape index (κ1) is 18.8. The fourth-order valence-corrected chi connectivity index (χ4v) is 5.06. The predicted molar refractivity (Wildman–Crippen MR) is 114 cm³/mol. The van der Waals surface area contributed by atoms with Gasteiger partial charge in [-0.05, 0) is 43.6 Å². The number of aromatic nitrogens is 2. The second-order valence-electron chi connectivity index (χ2n) is 7.88. The highest BCUT2D eigenvalue weighted by atomic mass is 35.5. The molecule has 0 atom stereocenters. The van der Waals surface area contributed by atoms with E-state index in [0.717, 1.165) is 36.6 Å². The summed E-state index contributed by atoms with van der Waals surface area (Å²) in [5, 5.41) is 0.964. The van der Waals surface area contributed by atoms with Gasteiger partial charge in [0.1, 0.15) is 5.69 Å². The number of halogens is 2. The van der Waals surface area contributed by atoms with Crippen molar-refractivity contribution >= 4 is 34.8 Å². The van der Waals surface area contributed by atoms with Crippen LogP contribution >= 0.6 is 23.2 Å². The molecular weight excluding hydrogens is 379 g/mol. The fourth-order valence-electron chi connectivity index (χ4n) is 4.67. The zero-order valence-electron chi connectivity index (χ0n) is 15.8. The molecule has 2 fully saturated rings. The summed E-state index contributed by atoms with van der Waals surface area (Å²) in [6.07, 6.45) is 8.86. The lowest BCUT2D eigenvalue weighted by atomic mass is 9.77. The van der Waals surface area contributed by atoms with Crippen LogP contribution in [0.4, 0.5) is 11.6 Å². The van der Waals surface area contributed by atoms with Crippen LogP contribution in [0.15, 0.2) is 18.2 Å². The molecule has 144 valence electrons. The number of aryl methyl sites for hydroxylation is 1. The molecule has 1 aromatic carbocycles. The van der Waals surface area contributed by atoms with Gasteiger partial charge in [0.15, 0.2) is 11.6 Å². The molecule has 2 heterocycles. The lowest BCUT2D eigenvalue weighted by Gasteiger charge is -2.40. The minimum Gasteiger partial charge on any atom is -0.382 e. The van der Waals surface area contributed by atoms with Gasteiger partial charge in [-0.1, -0.05) is 55.1 Å². The molecule has 0 radical (unpaired) electrons. The van der Waals surface area contributed by atoms with Gasteiger partial charge in [0, 0.05) is 18.7 Å². The summed E-state index contributed by atoms with van der Waals surface area (Å²) in [6.45, 7) is 4.19. The summed E-state index contributed by atoms with van der Waals surface area (Å²) in [4.78, 5) is 12.0. The van der Waals surface area contributed by atoms with Crippen molar-refractivity contribution in [3.05, 3.63) is 33.9 Å². The predicted octanol–water partition coefficient (Wildman–Crippen LogP) is 5.76. The minimum absolute atomic E-state index is 0.410. The maximum absolute atomic E-state index is 6.39. The number of nitrogen functional groups attached to an aromatic ring is 1. The van der Waals surface area contributed by atoms with E-state index in [1.807, 2.05) is 12.1 Å². The molecule has 0 amide bonds. The lowest BCUT2D eigenvalue weighted by Crippen LogP contribution is -2.40. The number of hydrogen-bond donors (Lipinski definition) is 1. The summed E-state index contributed by atoms with van der Waals surface area (Å²) in [5.74, 6) is 1.34. The van der Waals surface area contributed by atoms with Gasteiger partial charge >= 0.3 is 0 Å². The highest BCUT2D eigenvalue weighted by molar-refractivity contribution is 6.43. The first-order valence-corrected chi connectivity index (χ1v) is 10.6. The molecule has 1 saturated heterocycles. The Kier molecular flexibility index (Phi) is 5.21. The molecule has 1 aliphatic carbocycles. The summed E-state index contributed by atoms with van der Waals surface area (Å²) >= 11 is 12.6. The Morgan fingerprint density at radius 1 is 1.07 bits per heavy atom. The molecule has 1 aliphatic heterocycles. The quantitative estimate of drug-likeness (QED) is 0.706. The maximum Gasteiger partial charge on any atom is 0.152 e. The van der Waals surface area contributed by atoms with Crippen molar-refractivity contribution in [1.29, 1.82) is 0 Å². The first-order valence-electron chi connectivity index (χ1n) is 9.89. The second kappa shape index (κ2) is 7.48. The van der Waals surface area contributed by atoms with Crippen molar-refractivity contribution in [3.8, 4) is 11.3 Å². The molecule has 1 spiro atoms. The largest absolute Gasteiger partial charge is 0.382 e. The Morgan fingerprint density at radius 3 is 2.44 bits per heavy atom. The summed E-state index contributed by atoms with van der Waals surface area (Å²) in [7, 11) is 0. The van der Waals surface area contributed by atoms with Crippen LogP contribution in [-0.2, 0) is 6.42 Å². The van der Waals surface area contributed by atoms with Crippen LogP contribution < -0.4 is 10.6 Å². The van der Waals surface area contributed by atoms with Crippen LogP contribution in [0.5, 0.6) is 0 Å². The summed E-state index contributed by atoms with van der Waals surface area (Å²) in [5.41, 5.74) is 9.22. The lowest BCUT2D eigenvalue weighted by molar-refractivity contribution is 0.226. The van der Waals surface area contributed by atoms with Crippen molar-refractivity contribution in [2.45, 2.75) is 51.9 Å². The van der Waals surface area contributed by atoms with E-state index < -0.39 is 0 Å². The number of benzene rings is 1. The number of piperidine rings is 1. The van der Waals surface area contributed by atoms with Crippen molar-refractivity contribution in [3.63, 3.8) is 0 Å². The zero-order valence-corrected chi connectivity index (χ0v) is 17.3. The molecule has 4 nitrogen and oxygen atoms in total. The monoisotopic (exact) mass is 404 g/mol. The minimum atomic E-state index is 0.410. The smallest absolute Gasteiger partial charge is 0.152 e. The highest BCUT2D eigenvalue weighted by Gasteiger charge is 2.37. The maximum atomic E-state index is 6.39. The molecule has 0 bridgehead atoms. The molecule has 1 saturated carbocycles. The van der Waals surface area contributed by atoms with E-state index in [1.54, 1.807) is 6.07 Å². The Hall–Kier alpha value is -1.52. The standard InChI is InChI=1S/C21H26Cl2N4/c1-2-16-20(27-12-10-21(11-13-27)8-3-4-9-21)26-19(24)18(25-16)14-6-5-7-15(22)17(14)23/h5-7H,2-4,8-13H2,1H3,(H2,24,26). The van der Waals surface area contributed by atoms with Crippen molar-refractivity contribution < 1.29 is 0 Å².